The van der Waals surface area contributed by atoms with Crippen LogP contribution in [0.2, 0.25) is 0 Å². The Bertz CT molecular complexity index is 198. The molecule has 2 heteroatoms. The third-order valence-corrected chi connectivity index (χ3v) is 1.41. The van der Waals surface area contributed by atoms with Crippen LogP contribution in [-0.4, -0.2) is 4.98 Å². The lowest BCUT2D eigenvalue weighted by atomic mass is 10.2. The van der Waals surface area contributed by atoms with E-state index in [4.69, 9.17) is 5.73 Å². The van der Waals surface area contributed by atoms with Crippen molar-refractivity contribution in [1.29, 1.82) is 0 Å². The number of nitrogens with zero attached hydrogens (tertiary/aromatic N) is 1. The lowest BCUT2D eigenvalue weighted by molar-refractivity contribution is 1.18. The number of aromatic nitrogens is 1. The minimum Gasteiger partial charge on any atom is -0.397 e. The molecule has 0 fully saturated rings. The summed E-state index contributed by atoms with van der Waals surface area (Å²) < 4.78 is 0. The summed E-state index contributed by atoms with van der Waals surface area (Å²) in [7, 11) is 0. The van der Waals surface area contributed by atoms with Gasteiger partial charge in [-0.15, -0.1) is 0 Å². The van der Waals surface area contributed by atoms with E-state index in [0.29, 0.717) is 0 Å². The van der Waals surface area contributed by atoms with Gasteiger partial charge in [0.05, 0.1) is 11.4 Å². The van der Waals surface area contributed by atoms with Gasteiger partial charge in [-0.2, -0.15) is 0 Å². The third kappa shape index (κ3) is 1.02. The second-order valence-electron chi connectivity index (χ2n) is 2.13. The number of nitrogen functional groups attached to an aromatic ring is 1. The maximum atomic E-state index is 5.62. The van der Waals surface area contributed by atoms with E-state index < -0.39 is 0 Å². The topological polar surface area (TPSA) is 38.9 Å². The fourth-order valence-electron chi connectivity index (χ4n) is 0.706. The van der Waals surface area contributed by atoms with Gasteiger partial charge in [0.2, 0.25) is 0 Å². The first-order valence-corrected chi connectivity index (χ1v) is 2.89. The average molecular weight is 122 g/mol. The summed E-state index contributed by atoms with van der Waals surface area (Å²) in [6.45, 7) is 3.88. The van der Waals surface area contributed by atoms with Crippen LogP contribution in [0.4, 0.5) is 5.69 Å². The summed E-state index contributed by atoms with van der Waals surface area (Å²) in [5, 5.41) is 0. The summed E-state index contributed by atoms with van der Waals surface area (Å²) in [4.78, 5) is 4.01. The summed E-state index contributed by atoms with van der Waals surface area (Å²) in [5.74, 6) is 0. The number of hydrogen-bond acceptors (Lipinski definition) is 2. The van der Waals surface area contributed by atoms with Gasteiger partial charge in [-0.25, -0.2) is 0 Å². The van der Waals surface area contributed by atoms with E-state index in [1.54, 1.807) is 6.20 Å². The van der Waals surface area contributed by atoms with Crippen molar-refractivity contribution in [2.75, 3.05) is 5.73 Å². The summed E-state index contributed by atoms with van der Waals surface area (Å²) in [6, 6.07) is 1.91. The highest BCUT2D eigenvalue weighted by molar-refractivity contribution is 5.48. The first kappa shape index (κ1) is 6.08. The maximum Gasteiger partial charge on any atom is 0.0604 e. The molecule has 48 valence electrons. The quantitative estimate of drug-likeness (QED) is 0.563. The average Bonchev–Trinajstić information content (AvgIpc) is 1.83. The van der Waals surface area contributed by atoms with E-state index in [2.05, 4.69) is 4.98 Å². The Morgan fingerprint density at radius 2 is 2.11 bits per heavy atom. The largest absolute Gasteiger partial charge is 0.397 e. The van der Waals surface area contributed by atoms with E-state index in [1.807, 2.05) is 19.9 Å². The molecule has 0 aliphatic rings. The van der Waals surface area contributed by atoms with E-state index >= 15 is 0 Å². The highest BCUT2D eigenvalue weighted by Crippen LogP contribution is 2.10. The number of aryl methyl sites for hydroxylation is 2. The molecule has 0 amide bonds. The molecule has 0 aliphatic heterocycles. The predicted octanol–water partition coefficient (Wildman–Crippen LogP) is 1.28. The molecule has 0 atom stereocenters. The van der Waals surface area contributed by atoms with Crippen molar-refractivity contribution < 1.29 is 0 Å². The van der Waals surface area contributed by atoms with E-state index in [9.17, 15) is 0 Å². The second-order valence-corrected chi connectivity index (χ2v) is 2.13. The van der Waals surface area contributed by atoms with Crippen LogP contribution in [0.25, 0.3) is 0 Å². The molecule has 1 heterocycles. The van der Waals surface area contributed by atoms with Crippen LogP contribution in [0.3, 0.4) is 0 Å². The molecular formula is C7H10N2. The number of pyridine rings is 1. The lowest BCUT2D eigenvalue weighted by Gasteiger charge is -1.99. The van der Waals surface area contributed by atoms with E-state index in [0.717, 1.165) is 16.9 Å². The number of rotatable bonds is 0. The Labute approximate surface area is 54.7 Å². The van der Waals surface area contributed by atoms with Crippen LogP contribution < -0.4 is 5.73 Å². The SMILES string of the molecule is Cc1ccnc(C)c1N. The van der Waals surface area contributed by atoms with Crippen molar-refractivity contribution in [3.8, 4) is 0 Å². The molecule has 0 saturated carbocycles. The van der Waals surface area contributed by atoms with Gasteiger partial charge in [-0.1, -0.05) is 0 Å². The van der Waals surface area contributed by atoms with Gasteiger partial charge in [0.15, 0.2) is 0 Å². The van der Waals surface area contributed by atoms with E-state index in [1.165, 1.54) is 0 Å². The summed E-state index contributed by atoms with van der Waals surface area (Å²) in [5.41, 5.74) is 8.43. The molecule has 0 spiro atoms. The molecule has 0 bridgehead atoms. The number of anilines is 1. The standard InChI is InChI=1S/C7H10N2/c1-5-3-4-9-6(2)7(5)8/h3-4H,8H2,1-2H3. The Hall–Kier alpha value is -1.05. The Balaban J connectivity index is 3.25. The van der Waals surface area contributed by atoms with Crippen LogP contribution in [0.1, 0.15) is 11.3 Å². The maximum absolute atomic E-state index is 5.62. The molecule has 0 radical (unpaired) electrons. The van der Waals surface area contributed by atoms with Crippen molar-refractivity contribution in [3.63, 3.8) is 0 Å². The zero-order chi connectivity index (χ0) is 6.85. The van der Waals surface area contributed by atoms with Gasteiger partial charge in [0.25, 0.3) is 0 Å². The zero-order valence-electron chi connectivity index (χ0n) is 5.68. The highest BCUT2D eigenvalue weighted by Gasteiger charge is 1.94. The molecule has 0 aromatic carbocycles. The number of hydrogen-bond donors (Lipinski definition) is 1. The van der Waals surface area contributed by atoms with Crippen LogP contribution in [0.15, 0.2) is 12.3 Å². The van der Waals surface area contributed by atoms with E-state index in [-0.39, 0.29) is 0 Å². The monoisotopic (exact) mass is 122 g/mol. The van der Waals surface area contributed by atoms with Gasteiger partial charge in [0.1, 0.15) is 0 Å². The molecule has 0 unspecified atom stereocenters. The smallest absolute Gasteiger partial charge is 0.0604 e. The molecule has 1 aromatic rings. The fourth-order valence-corrected chi connectivity index (χ4v) is 0.706. The molecule has 1 rings (SSSR count). The van der Waals surface area contributed by atoms with Crippen LogP contribution in [0.5, 0.6) is 0 Å². The molecule has 2 nitrogen and oxygen atoms in total. The first-order valence-electron chi connectivity index (χ1n) is 2.89. The number of nitrogens with two attached hydrogens (primary N) is 1. The molecule has 2 N–H and O–H groups in total. The van der Waals surface area contributed by atoms with Crippen LogP contribution in [-0.2, 0) is 0 Å². The van der Waals surface area contributed by atoms with Crippen LogP contribution in [0, 0.1) is 13.8 Å². The Kier molecular flexibility index (Phi) is 1.39. The van der Waals surface area contributed by atoms with Crippen molar-refractivity contribution in [1.82, 2.24) is 4.98 Å². The van der Waals surface area contributed by atoms with Crippen molar-refractivity contribution in [3.05, 3.63) is 23.5 Å². The molecule has 9 heavy (non-hydrogen) atoms. The fraction of sp³-hybridized carbons (Fsp3) is 0.286. The van der Waals surface area contributed by atoms with Gasteiger partial charge in [0, 0.05) is 6.20 Å². The lowest BCUT2D eigenvalue weighted by Crippen LogP contribution is -1.94. The van der Waals surface area contributed by atoms with Gasteiger partial charge < -0.3 is 5.73 Å². The summed E-state index contributed by atoms with van der Waals surface area (Å²) in [6.07, 6.45) is 1.76. The normalized spacial score (nSPS) is 9.56. The first-order chi connectivity index (χ1) is 4.22. The molecule has 1 aromatic heterocycles. The molecular weight excluding hydrogens is 112 g/mol. The molecule has 0 aliphatic carbocycles. The van der Waals surface area contributed by atoms with Gasteiger partial charge in [-0.3, -0.25) is 4.98 Å². The Morgan fingerprint density at radius 1 is 1.44 bits per heavy atom. The summed E-state index contributed by atoms with van der Waals surface area (Å²) >= 11 is 0. The zero-order valence-corrected chi connectivity index (χ0v) is 5.68. The van der Waals surface area contributed by atoms with Crippen LogP contribution >= 0.6 is 0 Å². The predicted molar refractivity (Wildman–Crippen MR) is 38.1 cm³/mol. The third-order valence-electron chi connectivity index (χ3n) is 1.41. The highest BCUT2D eigenvalue weighted by atomic mass is 14.7. The van der Waals surface area contributed by atoms with Gasteiger partial charge >= 0.3 is 0 Å². The minimum absolute atomic E-state index is 0.803. The van der Waals surface area contributed by atoms with Crippen molar-refractivity contribution >= 4 is 5.69 Å². The second kappa shape index (κ2) is 2.05. The van der Waals surface area contributed by atoms with Crippen molar-refractivity contribution in [2.45, 2.75) is 13.8 Å². The Morgan fingerprint density at radius 3 is 2.56 bits per heavy atom. The minimum atomic E-state index is 0.803. The van der Waals surface area contributed by atoms with Gasteiger partial charge in [-0.05, 0) is 25.5 Å². The molecule has 0 saturated heterocycles. The van der Waals surface area contributed by atoms with Crippen molar-refractivity contribution in [2.24, 2.45) is 0 Å².